The number of nitrogens with one attached hydrogen (secondary N) is 1. The molecule has 92 valence electrons. The van der Waals surface area contributed by atoms with E-state index >= 15 is 0 Å². The van der Waals surface area contributed by atoms with Gasteiger partial charge in [-0.1, -0.05) is 23.7 Å². The van der Waals surface area contributed by atoms with Crippen LogP contribution in [0.25, 0.3) is 0 Å². The molecule has 1 rings (SSSR count). The van der Waals surface area contributed by atoms with Crippen LogP contribution in [0, 0.1) is 5.92 Å². The Morgan fingerprint density at radius 3 is 2.71 bits per heavy atom. The van der Waals surface area contributed by atoms with Crippen molar-refractivity contribution in [1.82, 2.24) is 5.32 Å². The highest BCUT2D eigenvalue weighted by molar-refractivity contribution is 6.30. The van der Waals surface area contributed by atoms with Gasteiger partial charge in [0.1, 0.15) is 0 Å². The number of benzene rings is 1. The van der Waals surface area contributed by atoms with Gasteiger partial charge in [0.15, 0.2) is 0 Å². The van der Waals surface area contributed by atoms with E-state index in [2.05, 4.69) is 5.32 Å². The van der Waals surface area contributed by atoms with E-state index in [1.165, 1.54) is 6.92 Å². The second-order valence-corrected chi connectivity index (χ2v) is 4.24. The van der Waals surface area contributed by atoms with Gasteiger partial charge in [-0.2, -0.15) is 0 Å². The largest absolute Gasteiger partial charge is 0.481 e. The van der Waals surface area contributed by atoms with Gasteiger partial charge in [0.2, 0.25) is 5.91 Å². The summed E-state index contributed by atoms with van der Waals surface area (Å²) < 4.78 is 0. The highest BCUT2D eigenvalue weighted by atomic mass is 35.5. The molecule has 4 nitrogen and oxygen atoms in total. The van der Waals surface area contributed by atoms with Crippen LogP contribution >= 0.6 is 11.6 Å². The highest BCUT2D eigenvalue weighted by Crippen LogP contribution is 2.14. The number of hydrogen-bond donors (Lipinski definition) is 2. The van der Waals surface area contributed by atoms with E-state index < -0.39 is 11.9 Å². The number of carboxylic acid groups (broad SMARTS) is 1. The Morgan fingerprint density at radius 1 is 1.47 bits per heavy atom. The quantitative estimate of drug-likeness (QED) is 0.842. The Labute approximate surface area is 105 Å². The maximum atomic E-state index is 11.0. The van der Waals surface area contributed by atoms with Gasteiger partial charge in [0.05, 0.1) is 5.92 Å². The minimum Gasteiger partial charge on any atom is -0.481 e. The molecule has 0 aliphatic heterocycles. The van der Waals surface area contributed by atoms with Crippen LogP contribution < -0.4 is 5.32 Å². The molecule has 1 unspecified atom stereocenters. The van der Waals surface area contributed by atoms with Crippen molar-refractivity contribution in [3.63, 3.8) is 0 Å². The molecule has 0 aliphatic rings. The van der Waals surface area contributed by atoms with Crippen molar-refractivity contribution in [2.24, 2.45) is 5.92 Å². The lowest BCUT2D eigenvalue weighted by atomic mass is 9.99. The van der Waals surface area contributed by atoms with Crippen molar-refractivity contribution in [3.8, 4) is 0 Å². The van der Waals surface area contributed by atoms with E-state index in [-0.39, 0.29) is 12.5 Å². The third kappa shape index (κ3) is 4.87. The van der Waals surface area contributed by atoms with Crippen LogP contribution in [-0.2, 0) is 16.0 Å². The Hall–Kier alpha value is -1.55. The number of carboxylic acids is 1. The Morgan fingerprint density at radius 2 is 2.18 bits per heavy atom. The lowest BCUT2D eigenvalue weighted by Gasteiger charge is -2.12. The van der Waals surface area contributed by atoms with Crippen LogP contribution in [0.1, 0.15) is 12.5 Å². The molecule has 0 spiro atoms. The SMILES string of the molecule is CC(=O)NCC(Cc1cccc(Cl)c1)C(=O)O. The maximum Gasteiger partial charge on any atom is 0.308 e. The first-order valence-electron chi connectivity index (χ1n) is 5.20. The summed E-state index contributed by atoms with van der Waals surface area (Å²) in [5, 5.41) is 12.1. The Kier molecular flexibility index (Phi) is 4.97. The number of carbonyl (C=O) groups is 2. The molecule has 0 bridgehead atoms. The van der Waals surface area contributed by atoms with Crippen molar-refractivity contribution in [3.05, 3.63) is 34.9 Å². The Bertz CT molecular complexity index is 420. The van der Waals surface area contributed by atoms with Crippen LogP contribution in [-0.4, -0.2) is 23.5 Å². The summed E-state index contributed by atoms with van der Waals surface area (Å²) in [4.78, 5) is 21.8. The fourth-order valence-electron chi connectivity index (χ4n) is 1.46. The van der Waals surface area contributed by atoms with Crippen LogP contribution in [0.4, 0.5) is 0 Å². The molecular weight excluding hydrogens is 242 g/mol. The van der Waals surface area contributed by atoms with Gasteiger partial charge in [-0.05, 0) is 24.1 Å². The van der Waals surface area contributed by atoms with Gasteiger partial charge in [0.25, 0.3) is 0 Å². The molecule has 1 aromatic carbocycles. The number of aliphatic carboxylic acids is 1. The van der Waals surface area contributed by atoms with E-state index in [0.717, 1.165) is 5.56 Å². The average molecular weight is 256 g/mol. The molecule has 1 aromatic rings. The number of amides is 1. The number of halogens is 1. The zero-order chi connectivity index (χ0) is 12.8. The third-order valence-corrected chi connectivity index (χ3v) is 2.55. The minimum absolute atomic E-state index is 0.122. The number of rotatable bonds is 5. The molecule has 0 radical (unpaired) electrons. The van der Waals surface area contributed by atoms with Gasteiger partial charge in [-0.15, -0.1) is 0 Å². The molecule has 0 aromatic heterocycles. The molecule has 1 atom stereocenters. The molecule has 2 N–H and O–H groups in total. The molecule has 0 saturated carbocycles. The van der Waals surface area contributed by atoms with Crippen molar-refractivity contribution >= 4 is 23.5 Å². The molecule has 5 heteroatoms. The summed E-state index contributed by atoms with van der Waals surface area (Å²) in [5.41, 5.74) is 0.843. The predicted octanol–water partition coefficient (Wildman–Crippen LogP) is 1.72. The normalized spacial score (nSPS) is 11.9. The van der Waals surface area contributed by atoms with Crippen LogP contribution in [0.15, 0.2) is 24.3 Å². The van der Waals surface area contributed by atoms with Crippen LogP contribution in [0.5, 0.6) is 0 Å². The van der Waals surface area contributed by atoms with Crippen molar-refractivity contribution in [1.29, 1.82) is 0 Å². The highest BCUT2D eigenvalue weighted by Gasteiger charge is 2.18. The van der Waals surface area contributed by atoms with Gasteiger partial charge in [-0.3, -0.25) is 9.59 Å². The molecule has 0 saturated heterocycles. The molecular formula is C12H14ClNO3. The summed E-state index contributed by atoms with van der Waals surface area (Å²) in [7, 11) is 0. The molecule has 0 heterocycles. The lowest BCUT2D eigenvalue weighted by Crippen LogP contribution is -2.32. The second kappa shape index (κ2) is 6.25. The van der Waals surface area contributed by atoms with Gasteiger partial charge in [-0.25, -0.2) is 0 Å². The third-order valence-electron chi connectivity index (χ3n) is 2.32. The smallest absolute Gasteiger partial charge is 0.308 e. The first kappa shape index (κ1) is 13.5. The van der Waals surface area contributed by atoms with E-state index in [1.54, 1.807) is 18.2 Å². The zero-order valence-electron chi connectivity index (χ0n) is 9.44. The average Bonchev–Trinajstić information content (AvgIpc) is 2.23. The predicted molar refractivity (Wildman–Crippen MR) is 65.0 cm³/mol. The van der Waals surface area contributed by atoms with Gasteiger partial charge in [0, 0.05) is 18.5 Å². The van der Waals surface area contributed by atoms with Crippen LogP contribution in [0.2, 0.25) is 5.02 Å². The van der Waals surface area contributed by atoms with E-state index in [1.807, 2.05) is 6.07 Å². The zero-order valence-corrected chi connectivity index (χ0v) is 10.2. The fraction of sp³-hybridized carbons (Fsp3) is 0.333. The van der Waals surface area contributed by atoms with Crippen LogP contribution in [0.3, 0.4) is 0 Å². The molecule has 1 amide bonds. The summed E-state index contributed by atoms with van der Waals surface area (Å²) in [6.07, 6.45) is 0.343. The monoisotopic (exact) mass is 255 g/mol. The lowest BCUT2D eigenvalue weighted by molar-refractivity contribution is -0.141. The summed E-state index contributed by atoms with van der Waals surface area (Å²) in [6.45, 7) is 1.48. The first-order chi connectivity index (χ1) is 7.99. The van der Waals surface area contributed by atoms with Gasteiger partial charge >= 0.3 is 5.97 Å². The van der Waals surface area contributed by atoms with E-state index in [4.69, 9.17) is 16.7 Å². The van der Waals surface area contributed by atoms with Gasteiger partial charge < -0.3 is 10.4 Å². The minimum atomic E-state index is -0.932. The van der Waals surface area contributed by atoms with E-state index in [9.17, 15) is 9.59 Å². The summed E-state index contributed by atoms with van der Waals surface area (Å²) in [5.74, 6) is -1.81. The standard InChI is InChI=1S/C12H14ClNO3/c1-8(15)14-7-10(12(16)17)5-9-3-2-4-11(13)6-9/h2-4,6,10H,5,7H2,1H3,(H,14,15)(H,16,17). The van der Waals surface area contributed by atoms with Crippen molar-refractivity contribution in [2.45, 2.75) is 13.3 Å². The maximum absolute atomic E-state index is 11.0. The Balaban J connectivity index is 2.66. The van der Waals surface area contributed by atoms with E-state index in [0.29, 0.717) is 11.4 Å². The van der Waals surface area contributed by atoms with Crippen molar-refractivity contribution < 1.29 is 14.7 Å². The molecule has 0 fully saturated rings. The first-order valence-corrected chi connectivity index (χ1v) is 5.58. The fourth-order valence-corrected chi connectivity index (χ4v) is 1.68. The number of carbonyl (C=O) groups excluding carboxylic acids is 1. The second-order valence-electron chi connectivity index (χ2n) is 3.81. The topological polar surface area (TPSA) is 66.4 Å². The molecule has 17 heavy (non-hydrogen) atoms. The summed E-state index contributed by atoms with van der Waals surface area (Å²) >= 11 is 5.82. The molecule has 0 aliphatic carbocycles. The summed E-state index contributed by atoms with van der Waals surface area (Å²) in [6, 6.07) is 7.05. The number of hydrogen-bond acceptors (Lipinski definition) is 2. The van der Waals surface area contributed by atoms with Crippen molar-refractivity contribution in [2.75, 3.05) is 6.54 Å².